The van der Waals surface area contributed by atoms with Crippen LogP contribution >= 0.6 is 0 Å². The lowest BCUT2D eigenvalue weighted by atomic mass is 10.1. The standard InChI is InChI=1S/C16H12N6O2/c1-10-15-11(3-2-4-12(15)23)16(24)22(20-10)14-6-5-13(18-19-14)21-8-7-17-9-21/h2-9,23H,1H3. The molecule has 0 atom stereocenters. The van der Waals surface area contributed by atoms with E-state index in [4.69, 9.17) is 0 Å². The molecule has 3 aromatic heterocycles. The van der Waals surface area contributed by atoms with E-state index in [0.29, 0.717) is 28.1 Å². The average Bonchev–Trinajstić information content (AvgIpc) is 3.13. The molecule has 0 radical (unpaired) electrons. The predicted octanol–water partition coefficient (Wildman–Crippen LogP) is 1.38. The van der Waals surface area contributed by atoms with Crippen molar-refractivity contribution in [2.75, 3.05) is 0 Å². The van der Waals surface area contributed by atoms with Crippen LogP contribution in [0.25, 0.3) is 22.4 Å². The van der Waals surface area contributed by atoms with E-state index in [0.717, 1.165) is 0 Å². The van der Waals surface area contributed by atoms with Crippen molar-refractivity contribution in [2.45, 2.75) is 6.92 Å². The summed E-state index contributed by atoms with van der Waals surface area (Å²) in [5, 5.41) is 23.2. The van der Waals surface area contributed by atoms with Crippen molar-refractivity contribution >= 4 is 10.8 Å². The number of aromatic nitrogens is 6. The fourth-order valence-corrected chi connectivity index (χ4v) is 2.58. The third kappa shape index (κ3) is 2.12. The summed E-state index contributed by atoms with van der Waals surface area (Å²) in [6.45, 7) is 1.73. The van der Waals surface area contributed by atoms with E-state index >= 15 is 0 Å². The zero-order chi connectivity index (χ0) is 16.7. The van der Waals surface area contributed by atoms with Crippen LogP contribution in [-0.2, 0) is 0 Å². The van der Waals surface area contributed by atoms with Gasteiger partial charge < -0.3 is 5.11 Å². The van der Waals surface area contributed by atoms with Gasteiger partial charge in [0.1, 0.15) is 12.1 Å². The number of phenolic OH excluding ortho intramolecular Hbond substituents is 1. The zero-order valence-electron chi connectivity index (χ0n) is 12.7. The Hall–Kier alpha value is -3.55. The molecule has 3 heterocycles. The van der Waals surface area contributed by atoms with E-state index in [-0.39, 0.29) is 11.3 Å². The number of rotatable bonds is 2. The molecule has 0 saturated heterocycles. The normalized spacial score (nSPS) is 11.0. The lowest BCUT2D eigenvalue weighted by molar-refractivity contribution is 0.481. The van der Waals surface area contributed by atoms with Crippen molar-refractivity contribution < 1.29 is 5.11 Å². The first-order chi connectivity index (χ1) is 11.6. The fraction of sp³-hybridized carbons (Fsp3) is 0.0625. The second-order valence-electron chi connectivity index (χ2n) is 5.22. The van der Waals surface area contributed by atoms with Gasteiger partial charge in [0.05, 0.1) is 16.5 Å². The van der Waals surface area contributed by atoms with Crippen LogP contribution in [0, 0.1) is 6.92 Å². The molecule has 8 nitrogen and oxygen atoms in total. The van der Waals surface area contributed by atoms with Gasteiger partial charge in [-0.3, -0.25) is 9.36 Å². The van der Waals surface area contributed by atoms with Gasteiger partial charge in [0.25, 0.3) is 5.56 Å². The van der Waals surface area contributed by atoms with Crippen LogP contribution in [0.15, 0.2) is 53.8 Å². The van der Waals surface area contributed by atoms with Crippen molar-refractivity contribution in [3.8, 4) is 17.4 Å². The quantitative estimate of drug-likeness (QED) is 0.599. The van der Waals surface area contributed by atoms with Crippen LogP contribution < -0.4 is 5.56 Å². The first-order valence-electron chi connectivity index (χ1n) is 7.19. The minimum absolute atomic E-state index is 0.0308. The van der Waals surface area contributed by atoms with Crippen molar-refractivity contribution in [3.63, 3.8) is 0 Å². The second-order valence-corrected chi connectivity index (χ2v) is 5.22. The van der Waals surface area contributed by atoms with E-state index < -0.39 is 0 Å². The third-order valence-electron chi connectivity index (χ3n) is 3.70. The Morgan fingerprint density at radius 1 is 1.08 bits per heavy atom. The molecule has 1 N–H and O–H groups in total. The fourth-order valence-electron chi connectivity index (χ4n) is 2.58. The van der Waals surface area contributed by atoms with E-state index in [1.54, 1.807) is 54.5 Å². The lowest BCUT2D eigenvalue weighted by Crippen LogP contribution is -2.23. The topological polar surface area (TPSA) is 98.7 Å². The molecule has 0 saturated carbocycles. The Bertz CT molecular complexity index is 1080. The van der Waals surface area contributed by atoms with Crippen LogP contribution in [0.3, 0.4) is 0 Å². The minimum Gasteiger partial charge on any atom is -0.507 e. The number of benzene rings is 1. The highest BCUT2D eigenvalue weighted by molar-refractivity contribution is 5.89. The van der Waals surface area contributed by atoms with Gasteiger partial charge in [-0.1, -0.05) is 6.07 Å². The van der Waals surface area contributed by atoms with E-state index in [9.17, 15) is 9.90 Å². The monoisotopic (exact) mass is 320 g/mol. The summed E-state index contributed by atoms with van der Waals surface area (Å²) in [6.07, 6.45) is 4.99. The average molecular weight is 320 g/mol. The summed E-state index contributed by atoms with van der Waals surface area (Å²) >= 11 is 0. The molecule has 0 spiro atoms. The molecule has 8 heteroatoms. The van der Waals surface area contributed by atoms with Crippen molar-refractivity contribution in [2.24, 2.45) is 0 Å². The summed E-state index contributed by atoms with van der Waals surface area (Å²) < 4.78 is 2.89. The molecule has 4 rings (SSSR count). The highest BCUT2D eigenvalue weighted by atomic mass is 16.3. The predicted molar refractivity (Wildman–Crippen MR) is 86.5 cm³/mol. The van der Waals surface area contributed by atoms with Crippen molar-refractivity contribution in [1.29, 1.82) is 0 Å². The summed E-state index contributed by atoms with van der Waals surface area (Å²) in [6, 6.07) is 8.18. The third-order valence-corrected chi connectivity index (χ3v) is 3.70. The number of phenols is 1. The lowest BCUT2D eigenvalue weighted by Gasteiger charge is -2.09. The maximum absolute atomic E-state index is 12.7. The number of hydrogen-bond donors (Lipinski definition) is 1. The van der Waals surface area contributed by atoms with Crippen molar-refractivity contribution in [3.05, 3.63) is 65.1 Å². The van der Waals surface area contributed by atoms with Gasteiger partial charge in [-0.2, -0.15) is 9.78 Å². The Morgan fingerprint density at radius 2 is 1.88 bits per heavy atom. The molecule has 0 aliphatic carbocycles. The van der Waals surface area contributed by atoms with Crippen molar-refractivity contribution in [1.82, 2.24) is 29.5 Å². The summed E-state index contributed by atoms with van der Waals surface area (Å²) in [5.41, 5.74) is 0.166. The second kappa shape index (κ2) is 5.27. The summed E-state index contributed by atoms with van der Waals surface area (Å²) in [7, 11) is 0. The highest BCUT2D eigenvalue weighted by Crippen LogP contribution is 2.24. The maximum atomic E-state index is 12.7. The van der Waals surface area contributed by atoms with Crippen LogP contribution in [0.2, 0.25) is 0 Å². The molecule has 118 valence electrons. The number of fused-ring (bicyclic) bond motifs is 1. The number of aromatic hydroxyl groups is 1. The largest absolute Gasteiger partial charge is 0.507 e. The molecule has 0 aliphatic heterocycles. The molecule has 4 aromatic rings. The molecule has 1 aromatic carbocycles. The first-order valence-corrected chi connectivity index (χ1v) is 7.19. The van der Waals surface area contributed by atoms with Gasteiger partial charge in [0.15, 0.2) is 11.6 Å². The molecule has 0 fully saturated rings. The SMILES string of the molecule is Cc1nn(-c2ccc(-n3ccnc3)nn2)c(=O)c2cccc(O)c12. The number of nitrogens with zero attached hydrogens (tertiary/aromatic N) is 6. The summed E-state index contributed by atoms with van der Waals surface area (Å²) in [5.74, 6) is 0.917. The highest BCUT2D eigenvalue weighted by Gasteiger charge is 2.13. The van der Waals surface area contributed by atoms with Crippen LogP contribution in [0.1, 0.15) is 5.69 Å². The number of aryl methyl sites for hydroxylation is 1. The zero-order valence-corrected chi connectivity index (χ0v) is 12.7. The minimum atomic E-state index is -0.365. The number of hydrogen-bond acceptors (Lipinski definition) is 6. The van der Waals surface area contributed by atoms with Crippen LogP contribution in [0.5, 0.6) is 5.75 Å². The Morgan fingerprint density at radius 3 is 2.58 bits per heavy atom. The molecule has 0 aliphatic rings. The van der Waals surface area contributed by atoms with Crippen LogP contribution in [0.4, 0.5) is 0 Å². The van der Waals surface area contributed by atoms with Gasteiger partial charge in [0, 0.05) is 12.4 Å². The van der Waals surface area contributed by atoms with E-state index in [1.807, 2.05) is 0 Å². The van der Waals surface area contributed by atoms with Gasteiger partial charge in [0.2, 0.25) is 0 Å². The maximum Gasteiger partial charge on any atom is 0.281 e. The Kier molecular flexibility index (Phi) is 3.09. The van der Waals surface area contributed by atoms with Gasteiger partial charge >= 0.3 is 0 Å². The molecule has 0 bridgehead atoms. The van der Waals surface area contributed by atoms with E-state index in [1.165, 1.54) is 10.7 Å². The molecule has 0 unspecified atom stereocenters. The van der Waals surface area contributed by atoms with Gasteiger partial charge in [-0.15, -0.1) is 10.2 Å². The number of imidazole rings is 1. The molecule has 0 amide bonds. The summed E-state index contributed by atoms with van der Waals surface area (Å²) in [4.78, 5) is 16.6. The van der Waals surface area contributed by atoms with Crippen LogP contribution in [-0.4, -0.2) is 34.6 Å². The first kappa shape index (κ1) is 14.1. The Balaban J connectivity index is 1.88. The molecular formula is C16H12N6O2. The van der Waals surface area contributed by atoms with Gasteiger partial charge in [-0.05, 0) is 31.2 Å². The molecular weight excluding hydrogens is 308 g/mol. The Labute approximate surface area is 135 Å². The molecule has 24 heavy (non-hydrogen) atoms. The van der Waals surface area contributed by atoms with E-state index in [2.05, 4.69) is 20.3 Å². The smallest absolute Gasteiger partial charge is 0.281 e. The van der Waals surface area contributed by atoms with Gasteiger partial charge in [-0.25, -0.2) is 4.98 Å².